The van der Waals surface area contributed by atoms with Gasteiger partial charge in [0, 0.05) is 35.0 Å². The van der Waals surface area contributed by atoms with Crippen molar-refractivity contribution in [2.75, 3.05) is 0 Å². The highest BCUT2D eigenvalue weighted by molar-refractivity contribution is 5.85. The number of nitrogens with zero attached hydrogens (tertiary/aromatic N) is 1. The normalized spacial score (nSPS) is 21.4. The highest BCUT2D eigenvalue weighted by atomic mass is 16.3. The Hall–Kier alpha value is -2.87. The van der Waals surface area contributed by atoms with E-state index in [2.05, 4.69) is 42.8 Å². The second-order valence-corrected chi connectivity index (χ2v) is 6.59. The molecule has 2 heteroatoms. The predicted molar refractivity (Wildman–Crippen MR) is 96.2 cm³/mol. The van der Waals surface area contributed by atoms with Crippen LogP contribution in [0.15, 0.2) is 83.5 Å². The third-order valence-corrected chi connectivity index (χ3v) is 5.42. The summed E-state index contributed by atoms with van der Waals surface area (Å²) in [5.74, 6) is 0.538. The summed E-state index contributed by atoms with van der Waals surface area (Å²) in [7, 11) is 0. The highest BCUT2D eigenvalue weighted by Crippen LogP contribution is 2.56. The molecule has 2 nitrogen and oxygen atoms in total. The quantitative estimate of drug-likeness (QED) is 0.586. The number of allylic oxidation sites excluding steroid dienone is 5. The van der Waals surface area contributed by atoms with Crippen LogP contribution in [0, 0.1) is 0 Å². The summed E-state index contributed by atoms with van der Waals surface area (Å²) in [6.45, 7) is 6.08. The van der Waals surface area contributed by atoms with Crippen molar-refractivity contribution in [3.8, 4) is 0 Å². The second-order valence-electron chi connectivity index (χ2n) is 6.59. The topological polar surface area (TPSA) is 26.0 Å². The van der Waals surface area contributed by atoms with Crippen molar-refractivity contribution >= 4 is 10.8 Å². The summed E-state index contributed by atoms with van der Waals surface area (Å²) in [5, 5.41) is 2.34. The fourth-order valence-electron chi connectivity index (χ4n) is 4.41. The molecule has 6 rings (SSSR count). The van der Waals surface area contributed by atoms with Gasteiger partial charge in [0.25, 0.3) is 0 Å². The van der Waals surface area contributed by atoms with Gasteiger partial charge in [-0.05, 0) is 52.9 Å². The Morgan fingerprint density at radius 2 is 1.79 bits per heavy atom. The maximum Gasteiger partial charge on any atom is 0.0981 e. The maximum atomic E-state index is 5.42. The first-order valence-electron chi connectivity index (χ1n) is 8.23. The molecule has 3 aliphatic carbocycles. The number of hydrogen-bond acceptors (Lipinski definition) is 2. The van der Waals surface area contributed by atoms with Crippen LogP contribution in [0.1, 0.15) is 41.0 Å². The zero-order valence-corrected chi connectivity index (χ0v) is 13.5. The van der Waals surface area contributed by atoms with Crippen LogP contribution in [-0.4, -0.2) is 4.98 Å². The zero-order valence-electron chi connectivity index (χ0n) is 13.5. The van der Waals surface area contributed by atoms with Gasteiger partial charge < -0.3 is 4.42 Å². The van der Waals surface area contributed by atoms with Crippen LogP contribution < -0.4 is 0 Å². The minimum Gasteiger partial charge on any atom is -0.471 e. The van der Waals surface area contributed by atoms with Crippen LogP contribution >= 0.6 is 0 Å². The molecule has 2 atom stereocenters. The van der Waals surface area contributed by atoms with Crippen molar-refractivity contribution in [2.45, 2.75) is 18.8 Å². The van der Waals surface area contributed by atoms with E-state index in [1.54, 1.807) is 0 Å². The third-order valence-electron chi connectivity index (χ3n) is 5.42. The van der Waals surface area contributed by atoms with E-state index < -0.39 is 0 Å². The van der Waals surface area contributed by atoms with Crippen LogP contribution in [0.5, 0.6) is 0 Å². The Balaban J connectivity index is 1.85. The first kappa shape index (κ1) is 13.6. The van der Waals surface area contributed by atoms with Crippen LogP contribution in [-0.2, 0) is 0 Å². The third kappa shape index (κ3) is 1.63. The van der Waals surface area contributed by atoms with Gasteiger partial charge in [0.05, 0.1) is 12.5 Å². The Kier molecular flexibility index (Phi) is 2.72. The number of benzene rings is 1. The Labute approximate surface area is 140 Å². The van der Waals surface area contributed by atoms with Gasteiger partial charge in [-0.3, -0.25) is 4.98 Å². The van der Waals surface area contributed by atoms with Gasteiger partial charge in [-0.1, -0.05) is 30.4 Å². The van der Waals surface area contributed by atoms with Crippen LogP contribution in [0.3, 0.4) is 0 Å². The number of furan rings is 1. The van der Waals surface area contributed by atoms with Gasteiger partial charge >= 0.3 is 0 Å². The Bertz CT molecular complexity index is 1050. The van der Waals surface area contributed by atoms with E-state index >= 15 is 0 Å². The van der Waals surface area contributed by atoms with E-state index in [0.717, 1.165) is 5.39 Å². The van der Waals surface area contributed by atoms with Gasteiger partial charge in [0.1, 0.15) is 0 Å². The standard InChI is InChI=1S/C22H17NO/c1-3-4-5-16-13(2)21-17-6-7-23-10-20(17)22(16)19-9-15-12-24-11-14(15)8-18(19)21/h3-12,21-22H,1H2,2H3/b5-4-. The van der Waals surface area contributed by atoms with E-state index in [0.29, 0.717) is 5.92 Å². The molecule has 1 aromatic carbocycles. The maximum absolute atomic E-state index is 5.42. The Morgan fingerprint density at radius 1 is 1.04 bits per heavy atom. The van der Waals surface area contributed by atoms with E-state index in [1.807, 2.05) is 37.1 Å². The smallest absolute Gasteiger partial charge is 0.0981 e. The van der Waals surface area contributed by atoms with Crippen molar-refractivity contribution in [1.82, 2.24) is 4.98 Å². The molecular formula is C22H17NO. The van der Waals surface area contributed by atoms with Crippen molar-refractivity contribution < 1.29 is 4.42 Å². The molecule has 0 saturated heterocycles. The number of hydrogen-bond donors (Lipinski definition) is 0. The summed E-state index contributed by atoms with van der Waals surface area (Å²) in [5.41, 5.74) is 8.29. The molecule has 0 N–H and O–H groups in total. The van der Waals surface area contributed by atoms with Crippen molar-refractivity contribution in [3.63, 3.8) is 0 Å². The predicted octanol–water partition coefficient (Wildman–Crippen LogP) is 5.48. The summed E-state index contributed by atoms with van der Waals surface area (Å²) in [6.07, 6.45) is 13.7. The lowest BCUT2D eigenvalue weighted by Gasteiger charge is -2.42. The minimum atomic E-state index is 0.240. The van der Waals surface area contributed by atoms with Gasteiger partial charge in [0.2, 0.25) is 0 Å². The lowest BCUT2D eigenvalue weighted by molar-refractivity contribution is 0.572. The van der Waals surface area contributed by atoms with Crippen LogP contribution in [0.2, 0.25) is 0 Å². The largest absolute Gasteiger partial charge is 0.471 e. The van der Waals surface area contributed by atoms with Gasteiger partial charge in [-0.15, -0.1) is 0 Å². The second kappa shape index (κ2) is 4.81. The van der Waals surface area contributed by atoms with Crippen molar-refractivity contribution in [1.29, 1.82) is 0 Å². The molecule has 0 spiro atoms. The molecule has 0 aliphatic heterocycles. The fraction of sp³-hybridized carbons (Fsp3) is 0.136. The summed E-state index contributed by atoms with van der Waals surface area (Å²) < 4.78 is 5.42. The molecule has 0 fully saturated rings. The monoisotopic (exact) mass is 311 g/mol. The van der Waals surface area contributed by atoms with E-state index in [1.165, 1.54) is 38.8 Å². The molecule has 116 valence electrons. The van der Waals surface area contributed by atoms with E-state index in [9.17, 15) is 0 Å². The molecular weight excluding hydrogens is 294 g/mol. The van der Waals surface area contributed by atoms with E-state index in [4.69, 9.17) is 4.42 Å². The van der Waals surface area contributed by atoms with Crippen molar-refractivity contribution in [2.24, 2.45) is 0 Å². The molecule has 0 amide bonds. The number of pyridine rings is 1. The average molecular weight is 311 g/mol. The van der Waals surface area contributed by atoms with Crippen LogP contribution in [0.25, 0.3) is 10.8 Å². The fourth-order valence-corrected chi connectivity index (χ4v) is 4.41. The lowest BCUT2D eigenvalue weighted by Crippen LogP contribution is -2.27. The molecule has 0 saturated carbocycles. The molecule has 3 aromatic rings. The SMILES string of the molecule is C=C/C=C\C1=C(C)C2c3ccncc3C1c1cc3cocc3cc12. The molecule has 2 bridgehead atoms. The van der Waals surface area contributed by atoms with E-state index in [-0.39, 0.29) is 5.92 Å². The first-order valence-corrected chi connectivity index (χ1v) is 8.23. The minimum absolute atomic E-state index is 0.240. The summed E-state index contributed by atoms with van der Waals surface area (Å²) in [6, 6.07) is 6.76. The summed E-state index contributed by atoms with van der Waals surface area (Å²) >= 11 is 0. The van der Waals surface area contributed by atoms with Gasteiger partial charge in [0.15, 0.2) is 0 Å². The lowest BCUT2D eigenvalue weighted by atomic mass is 9.61. The molecule has 2 unspecified atom stereocenters. The highest BCUT2D eigenvalue weighted by Gasteiger charge is 2.40. The number of aromatic nitrogens is 1. The summed E-state index contributed by atoms with van der Waals surface area (Å²) in [4.78, 5) is 4.40. The molecule has 0 radical (unpaired) electrons. The zero-order chi connectivity index (χ0) is 16.3. The Morgan fingerprint density at radius 3 is 2.54 bits per heavy atom. The van der Waals surface area contributed by atoms with Crippen LogP contribution in [0.4, 0.5) is 0 Å². The number of fused-ring (bicyclic) bond motifs is 1. The number of rotatable bonds is 2. The molecule has 2 aromatic heterocycles. The van der Waals surface area contributed by atoms with Crippen molar-refractivity contribution in [3.05, 3.63) is 101 Å². The van der Waals surface area contributed by atoms with Gasteiger partial charge in [-0.2, -0.15) is 0 Å². The molecule has 2 heterocycles. The van der Waals surface area contributed by atoms with Gasteiger partial charge in [-0.25, -0.2) is 0 Å². The first-order chi connectivity index (χ1) is 11.8. The molecule has 3 aliphatic rings. The molecule has 24 heavy (non-hydrogen) atoms. The average Bonchev–Trinajstić information content (AvgIpc) is 3.06.